The molecule has 1 fully saturated rings. The fraction of sp³-hybridized carbons (Fsp3) is 0.389. The van der Waals surface area contributed by atoms with E-state index in [0.717, 1.165) is 15.4 Å². The molecule has 1 aromatic heterocycles. The normalized spacial score (nSPS) is 25.8. The van der Waals surface area contributed by atoms with Crippen molar-refractivity contribution < 1.29 is 14.7 Å². The lowest BCUT2D eigenvalue weighted by molar-refractivity contribution is -0.164. The molecule has 5 nitrogen and oxygen atoms in total. The van der Waals surface area contributed by atoms with Crippen LogP contribution in [0.25, 0.3) is 10.6 Å². The second-order valence-corrected chi connectivity index (χ2v) is 7.44. The van der Waals surface area contributed by atoms with Gasteiger partial charge in [0.15, 0.2) is 0 Å². The van der Waals surface area contributed by atoms with E-state index in [1.807, 2.05) is 44.2 Å². The number of amides is 1. The second-order valence-electron chi connectivity index (χ2n) is 6.32. The Kier molecular flexibility index (Phi) is 4.66. The van der Waals surface area contributed by atoms with Crippen molar-refractivity contribution in [3.8, 4) is 10.6 Å². The van der Waals surface area contributed by atoms with Gasteiger partial charge in [-0.05, 0) is 11.8 Å². The van der Waals surface area contributed by atoms with Crippen LogP contribution in [0.15, 0.2) is 36.5 Å². The number of aromatic nitrogens is 1. The third kappa shape index (κ3) is 3.06. The van der Waals surface area contributed by atoms with Crippen molar-refractivity contribution in [1.82, 2.24) is 10.3 Å². The minimum Gasteiger partial charge on any atom is -0.481 e. The summed E-state index contributed by atoms with van der Waals surface area (Å²) in [5.74, 6) is -1.97. The Morgan fingerprint density at radius 2 is 1.83 bits per heavy atom. The van der Waals surface area contributed by atoms with E-state index < -0.39 is 17.8 Å². The van der Waals surface area contributed by atoms with Crippen molar-refractivity contribution in [2.24, 2.45) is 23.7 Å². The van der Waals surface area contributed by atoms with Crippen LogP contribution < -0.4 is 5.32 Å². The summed E-state index contributed by atoms with van der Waals surface area (Å²) in [5, 5.41) is 13.0. The zero-order chi connectivity index (χ0) is 17.3. The first kappa shape index (κ1) is 16.6. The number of carboxylic acid groups (broad SMARTS) is 1. The van der Waals surface area contributed by atoms with Crippen LogP contribution in [-0.2, 0) is 16.1 Å². The molecule has 1 saturated carbocycles. The first-order valence-corrected chi connectivity index (χ1v) is 8.81. The monoisotopic (exact) mass is 344 g/mol. The molecule has 1 amide bonds. The van der Waals surface area contributed by atoms with Gasteiger partial charge in [-0.15, -0.1) is 11.3 Å². The standard InChI is InChI=1S/C18H20N2O3S/c1-10-11(2)15(18(22)23)14(10)16(21)19-8-13-9-20-17(24-13)12-6-4-3-5-7-12/h3-7,9-11,14-15H,8H2,1-2H3,(H,19,21)(H,22,23)/t10?,11?,14-,15+/m0/s1. The molecule has 126 valence electrons. The van der Waals surface area contributed by atoms with Gasteiger partial charge >= 0.3 is 5.97 Å². The van der Waals surface area contributed by atoms with Gasteiger partial charge in [-0.3, -0.25) is 9.59 Å². The van der Waals surface area contributed by atoms with E-state index >= 15 is 0 Å². The molecule has 0 radical (unpaired) electrons. The lowest BCUT2D eigenvalue weighted by Gasteiger charge is -2.45. The van der Waals surface area contributed by atoms with Gasteiger partial charge in [-0.1, -0.05) is 44.2 Å². The molecular weight excluding hydrogens is 324 g/mol. The van der Waals surface area contributed by atoms with Crippen LogP contribution in [0, 0.1) is 23.7 Å². The molecule has 0 spiro atoms. The molecular formula is C18H20N2O3S. The van der Waals surface area contributed by atoms with Crippen molar-refractivity contribution in [3.05, 3.63) is 41.4 Å². The Morgan fingerprint density at radius 3 is 2.50 bits per heavy atom. The molecule has 0 aliphatic heterocycles. The predicted octanol–water partition coefficient (Wildman–Crippen LogP) is 3.03. The molecule has 1 aliphatic rings. The van der Waals surface area contributed by atoms with Gasteiger partial charge in [0.1, 0.15) is 5.01 Å². The smallest absolute Gasteiger partial charge is 0.307 e. The van der Waals surface area contributed by atoms with E-state index in [1.54, 1.807) is 6.20 Å². The summed E-state index contributed by atoms with van der Waals surface area (Å²) in [4.78, 5) is 29.0. The molecule has 3 rings (SSSR count). The molecule has 1 heterocycles. The fourth-order valence-electron chi connectivity index (χ4n) is 3.34. The van der Waals surface area contributed by atoms with Gasteiger partial charge in [0.2, 0.25) is 5.91 Å². The number of hydrogen-bond acceptors (Lipinski definition) is 4. The van der Waals surface area contributed by atoms with Crippen molar-refractivity contribution in [1.29, 1.82) is 0 Å². The quantitative estimate of drug-likeness (QED) is 0.874. The zero-order valence-electron chi connectivity index (χ0n) is 13.6. The maximum Gasteiger partial charge on any atom is 0.307 e. The number of thiazole rings is 1. The number of hydrogen-bond donors (Lipinski definition) is 2. The molecule has 2 aromatic rings. The van der Waals surface area contributed by atoms with Crippen LogP contribution in [-0.4, -0.2) is 22.0 Å². The van der Waals surface area contributed by atoms with E-state index in [2.05, 4.69) is 10.3 Å². The Balaban J connectivity index is 1.61. The predicted molar refractivity (Wildman–Crippen MR) is 92.3 cm³/mol. The highest BCUT2D eigenvalue weighted by molar-refractivity contribution is 7.15. The van der Waals surface area contributed by atoms with Gasteiger partial charge in [-0.2, -0.15) is 0 Å². The fourth-order valence-corrected chi connectivity index (χ4v) is 4.20. The second kappa shape index (κ2) is 6.73. The van der Waals surface area contributed by atoms with Crippen molar-refractivity contribution in [3.63, 3.8) is 0 Å². The topological polar surface area (TPSA) is 79.3 Å². The number of rotatable bonds is 5. The van der Waals surface area contributed by atoms with E-state index in [4.69, 9.17) is 0 Å². The lowest BCUT2D eigenvalue weighted by atomic mass is 9.57. The van der Waals surface area contributed by atoms with Crippen molar-refractivity contribution in [2.75, 3.05) is 0 Å². The summed E-state index contributed by atoms with van der Waals surface area (Å²) in [6.07, 6.45) is 1.76. The van der Waals surface area contributed by atoms with E-state index in [1.165, 1.54) is 11.3 Å². The third-order valence-corrected chi connectivity index (χ3v) is 5.99. The Hall–Kier alpha value is -2.21. The summed E-state index contributed by atoms with van der Waals surface area (Å²) >= 11 is 1.53. The molecule has 0 saturated heterocycles. The van der Waals surface area contributed by atoms with Gasteiger partial charge in [0.05, 0.1) is 18.4 Å². The number of aliphatic carboxylic acids is 1. The van der Waals surface area contributed by atoms with Crippen LogP contribution in [0.5, 0.6) is 0 Å². The minimum atomic E-state index is -0.884. The summed E-state index contributed by atoms with van der Waals surface area (Å²) < 4.78 is 0. The number of carbonyl (C=O) groups is 2. The highest BCUT2D eigenvalue weighted by atomic mass is 32.1. The van der Waals surface area contributed by atoms with Gasteiger partial charge in [0, 0.05) is 16.6 Å². The first-order valence-electron chi connectivity index (χ1n) is 7.99. The summed E-state index contributed by atoms with van der Waals surface area (Å²) in [5.41, 5.74) is 1.05. The Bertz CT molecular complexity index is 744. The average molecular weight is 344 g/mol. The molecule has 24 heavy (non-hydrogen) atoms. The summed E-state index contributed by atoms with van der Waals surface area (Å²) in [6, 6.07) is 9.87. The lowest BCUT2D eigenvalue weighted by Crippen LogP contribution is -2.54. The van der Waals surface area contributed by atoms with Gasteiger partial charge in [0.25, 0.3) is 0 Å². The van der Waals surface area contributed by atoms with Crippen LogP contribution in [0.1, 0.15) is 18.7 Å². The van der Waals surface area contributed by atoms with Crippen molar-refractivity contribution >= 4 is 23.2 Å². The van der Waals surface area contributed by atoms with E-state index in [0.29, 0.717) is 6.54 Å². The Labute approximate surface area is 144 Å². The summed E-state index contributed by atoms with van der Waals surface area (Å²) in [6.45, 7) is 4.21. The number of nitrogens with one attached hydrogen (secondary N) is 1. The molecule has 1 aromatic carbocycles. The number of benzene rings is 1. The number of carboxylic acids is 1. The highest BCUT2D eigenvalue weighted by Gasteiger charge is 2.52. The summed E-state index contributed by atoms with van der Waals surface area (Å²) in [7, 11) is 0. The van der Waals surface area contributed by atoms with Crippen LogP contribution in [0.2, 0.25) is 0 Å². The van der Waals surface area contributed by atoms with Gasteiger partial charge < -0.3 is 10.4 Å². The van der Waals surface area contributed by atoms with Crippen molar-refractivity contribution in [2.45, 2.75) is 20.4 Å². The highest BCUT2D eigenvalue weighted by Crippen LogP contribution is 2.45. The molecule has 2 unspecified atom stereocenters. The molecule has 4 atom stereocenters. The van der Waals surface area contributed by atoms with Crippen LogP contribution in [0.4, 0.5) is 0 Å². The number of carbonyl (C=O) groups excluding carboxylic acids is 1. The average Bonchev–Trinajstić information content (AvgIpc) is 3.06. The SMILES string of the molecule is CC1C(C)[C@H](C(=O)NCc2cnc(-c3ccccc3)s2)[C@@H]1C(=O)O. The minimum absolute atomic E-state index is 0.0336. The molecule has 0 bridgehead atoms. The van der Waals surface area contributed by atoms with E-state index in [-0.39, 0.29) is 17.7 Å². The number of nitrogens with zero attached hydrogens (tertiary/aromatic N) is 1. The molecule has 1 aliphatic carbocycles. The molecule has 6 heteroatoms. The maximum absolute atomic E-state index is 12.4. The zero-order valence-corrected chi connectivity index (χ0v) is 14.4. The van der Waals surface area contributed by atoms with Crippen LogP contribution >= 0.6 is 11.3 Å². The first-order chi connectivity index (χ1) is 11.5. The largest absolute Gasteiger partial charge is 0.481 e. The molecule has 2 N–H and O–H groups in total. The third-order valence-electron chi connectivity index (χ3n) is 4.95. The maximum atomic E-state index is 12.4. The van der Waals surface area contributed by atoms with Gasteiger partial charge in [-0.25, -0.2) is 4.98 Å². The van der Waals surface area contributed by atoms with Crippen LogP contribution in [0.3, 0.4) is 0 Å². The Morgan fingerprint density at radius 1 is 1.17 bits per heavy atom. The van der Waals surface area contributed by atoms with E-state index in [9.17, 15) is 14.7 Å².